The van der Waals surface area contributed by atoms with Gasteiger partial charge in [0.05, 0.1) is 19.8 Å². The quantitative estimate of drug-likeness (QED) is 0.631. The van der Waals surface area contributed by atoms with Gasteiger partial charge in [0.1, 0.15) is 21.8 Å². The molecule has 0 saturated carbocycles. The molecular formula is C15H15NO5S2. The lowest BCUT2D eigenvalue weighted by Gasteiger charge is -2.27. The highest BCUT2D eigenvalue weighted by atomic mass is 32.1. The van der Waals surface area contributed by atoms with Gasteiger partial charge in [-0.25, -0.2) is 4.79 Å². The van der Waals surface area contributed by atoms with Crippen LogP contribution in [0.3, 0.4) is 0 Å². The minimum absolute atomic E-state index is 0.00562. The molecule has 0 radical (unpaired) electrons. The van der Waals surface area contributed by atoms with E-state index in [0.29, 0.717) is 16.1 Å². The number of aromatic hydroxyl groups is 1. The molecule has 1 aromatic carbocycles. The summed E-state index contributed by atoms with van der Waals surface area (Å²) < 4.78 is 9.40. The van der Waals surface area contributed by atoms with E-state index >= 15 is 0 Å². The Bertz CT molecular complexity index is 688. The zero-order chi connectivity index (χ0) is 17.1. The van der Waals surface area contributed by atoms with Gasteiger partial charge in [-0.2, -0.15) is 0 Å². The summed E-state index contributed by atoms with van der Waals surface area (Å²) in [5.41, 5.74) is 0.997. The minimum atomic E-state index is -0.856. The minimum Gasteiger partial charge on any atom is -0.507 e. The number of esters is 2. The first-order valence-electron chi connectivity index (χ1n) is 6.76. The maximum absolute atomic E-state index is 12.1. The Labute approximate surface area is 144 Å². The average Bonchev–Trinajstić information content (AvgIpc) is 2.80. The summed E-state index contributed by atoms with van der Waals surface area (Å²) in [6.45, 7) is 0. The number of carbonyl (C=O) groups is 2. The zero-order valence-electron chi connectivity index (χ0n) is 12.6. The molecule has 0 aliphatic carbocycles. The molecule has 0 bridgehead atoms. The number of rotatable bonds is 5. The predicted octanol–water partition coefficient (Wildman–Crippen LogP) is 1.55. The fraction of sp³-hybridized carbons (Fsp3) is 0.333. The van der Waals surface area contributed by atoms with Crippen molar-refractivity contribution in [3.05, 3.63) is 29.3 Å². The maximum atomic E-state index is 12.1. The van der Waals surface area contributed by atoms with Gasteiger partial charge in [0.25, 0.3) is 0 Å². The van der Waals surface area contributed by atoms with E-state index in [2.05, 4.69) is 4.74 Å². The van der Waals surface area contributed by atoms with Crippen molar-refractivity contribution in [1.29, 1.82) is 0 Å². The molecule has 6 nitrogen and oxygen atoms in total. The predicted molar refractivity (Wildman–Crippen MR) is 90.4 cm³/mol. The highest BCUT2D eigenvalue weighted by Crippen LogP contribution is 2.33. The van der Waals surface area contributed by atoms with E-state index in [1.54, 1.807) is 12.1 Å². The Morgan fingerprint density at radius 3 is 2.48 bits per heavy atom. The third-order valence-corrected chi connectivity index (χ3v) is 4.38. The van der Waals surface area contributed by atoms with Crippen molar-refractivity contribution in [2.24, 2.45) is 0 Å². The monoisotopic (exact) mass is 353 g/mol. The molecule has 0 spiro atoms. The van der Waals surface area contributed by atoms with Gasteiger partial charge >= 0.3 is 11.9 Å². The van der Waals surface area contributed by atoms with Crippen molar-refractivity contribution in [3.63, 3.8) is 0 Å². The van der Waals surface area contributed by atoms with Crippen molar-refractivity contribution in [2.45, 2.75) is 18.9 Å². The topological polar surface area (TPSA) is 76.1 Å². The number of methoxy groups -OCH3 is 2. The van der Waals surface area contributed by atoms with Gasteiger partial charge in [-0.15, -0.1) is 0 Å². The highest BCUT2D eigenvalue weighted by Gasteiger charge is 2.39. The molecular weight excluding hydrogens is 338 g/mol. The molecule has 8 heteroatoms. The molecule has 0 fully saturated rings. The molecule has 1 aliphatic rings. The smallest absolute Gasteiger partial charge is 0.328 e. The third kappa shape index (κ3) is 3.18. The van der Waals surface area contributed by atoms with Gasteiger partial charge in [-0.1, -0.05) is 36.6 Å². The molecule has 0 aromatic heterocycles. The van der Waals surface area contributed by atoms with Crippen LogP contribution in [0, 0.1) is 0 Å². The number of fused-ring (bicyclic) bond motifs is 1. The van der Waals surface area contributed by atoms with Crippen LogP contribution in [0.5, 0.6) is 5.75 Å². The molecule has 1 aromatic rings. The van der Waals surface area contributed by atoms with Gasteiger partial charge < -0.3 is 19.5 Å². The largest absolute Gasteiger partial charge is 0.507 e. The summed E-state index contributed by atoms with van der Waals surface area (Å²) in [7, 11) is 2.52. The van der Waals surface area contributed by atoms with Crippen molar-refractivity contribution < 1.29 is 24.2 Å². The molecule has 0 amide bonds. The van der Waals surface area contributed by atoms with Crippen LogP contribution >= 0.6 is 24.4 Å². The lowest BCUT2D eigenvalue weighted by molar-refractivity contribution is -0.145. The number of ether oxygens (including phenoxy) is 2. The number of nitrogens with zero attached hydrogens (tertiary/aromatic N) is 1. The normalized spacial score (nSPS) is 14.4. The van der Waals surface area contributed by atoms with Gasteiger partial charge in [-0.05, 0) is 12.5 Å². The number of carbonyl (C=O) groups excluding carboxylic acids is 2. The first-order chi connectivity index (χ1) is 10.9. The fourth-order valence-corrected chi connectivity index (χ4v) is 3.29. The van der Waals surface area contributed by atoms with E-state index in [1.807, 2.05) is 0 Å². The van der Waals surface area contributed by atoms with Crippen LogP contribution in [0.15, 0.2) is 18.2 Å². The molecule has 1 heterocycles. The van der Waals surface area contributed by atoms with Crippen LogP contribution in [0.4, 0.5) is 0 Å². The van der Waals surface area contributed by atoms with Crippen LogP contribution in [0.1, 0.15) is 24.0 Å². The summed E-state index contributed by atoms with van der Waals surface area (Å²) in [6, 6.07) is 4.01. The molecule has 1 atom stereocenters. The van der Waals surface area contributed by atoms with E-state index in [0.717, 1.165) is 0 Å². The standard InChI is InChI=1S/C15H15NO5S2/c1-20-11(18)7-6-9(15(19)21-2)16-13(22)8-4-3-5-10(17)12(8)14(16)23/h3-5,9,17H,6-7H2,1-2H3. The molecule has 1 N–H and O–H groups in total. The number of thiocarbonyl (C=S) groups is 2. The molecule has 0 saturated heterocycles. The van der Waals surface area contributed by atoms with Crippen LogP contribution < -0.4 is 0 Å². The second-order valence-corrected chi connectivity index (χ2v) is 5.61. The fourth-order valence-electron chi connectivity index (χ4n) is 2.41. The Kier molecular flexibility index (Phi) is 5.27. The second kappa shape index (κ2) is 7.01. The SMILES string of the molecule is COC(=O)CCC(C(=O)OC)N1C(=S)c2cccc(O)c2C1=S. The van der Waals surface area contributed by atoms with Gasteiger partial charge in [0, 0.05) is 12.0 Å². The van der Waals surface area contributed by atoms with E-state index in [9.17, 15) is 14.7 Å². The summed E-state index contributed by atoms with van der Waals surface area (Å²) in [4.78, 5) is 25.5. The average molecular weight is 353 g/mol. The summed E-state index contributed by atoms with van der Waals surface area (Å²) in [6.07, 6.45) is 0.148. The van der Waals surface area contributed by atoms with E-state index in [1.165, 1.54) is 25.2 Å². The Balaban J connectivity index is 2.35. The van der Waals surface area contributed by atoms with E-state index in [4.69, 9.17) is 29.2 Å². The molecule has 23 heavy (non-hydrogen) atoms. The van der Waals surface area contributed by atoms with E-state index in [-0.39, 0.29) is 23.6 Å². The highest BCUT2D eigenvalue weighted by molar-refractivity contribution is 7.82. The molecule has 1 aliphatic heterocycles. The van der Waals surface area contributed by atoms with Crippen LogP contribution in [0.25, 0.3) is 0 Å². The van der Waals surface area contributed by atoms with Crippen LogP contribution in [-0.2, 0) is 19.1 Å². The second-order valence-electron chi connectivity index (χ2n) is 4.83. The summed E-state index contributed by atoms with van der Waals surface area (Å²) in [5, 5.41) is 10.0. The Morgan fingerprint density at radius 2 is 1.91 bits per heavy atom. The maximum Gasteiger partial charge on any atom is 0.328 e. The number of hydrogen-bond acceptors (Lipinski definition) is 7. The number of phenolic OH excluding ortho intramolecular Hbond substituents is 1. The number of hydrogen-bond donors (Lipinski definition) is 1. The first kappa shape index (κ1) is 17.3. The van der Waals surface area contributed by atoms with Gasteiger partial charge in [0.15, 0.2) is 0 Å². The van der Waals surface area contributed by atoms with E-state index < -0.39 is 18.0 Å². The van der Waals surface area contributed by atoms with Crippen molar-refractivity contribution in [3.8, 4) is 5.75 Å². The van der Waals surface area contributed by atoms with Gasteiger partial charge in [-0.3, -0.25) is 4.79 Å². The zero-order valence-corrected chi connectivity index (χ0v) is 14.2. The Hall–Kier alpha value is -2.06. The van der Waals surface area contributed by atoms with Crippen molar-refractivity contribution >= 4 is 46.4 Å². The lowest BCUT2D eigenvalue weighted by Crippen LogP contribution is -2.45. The number of phenols is 1. The molecule has 1 unspecified atom stereocenters. The lowest BCUT2D eigenvalue weighted by atomic mass is 10.1. The summed E-state index contributed by atoms with van der Waals surface area (Å²) >= 11 is 10.8. The van der Waals surface area contributed by atoms with Gasteiger partial charge in [0.2, 0.25) is 0 Å². The van der Waals surface area contributed by atoms with Crippen molar-refractivity contribution in [2.75, 3.05) is 14.2 Å². The number of benzene rings is 1. The van der Waals surface area contributed by atoms with Crippen molar-refractivity contribution in [1.82, 2.24) is 4.90 Å². The Morgan fingerprint density at radius 1 is 1.22 bits per heavy atom. The molecule has 2 rings (SSSR count). The molecule has 122 valence electrons. The summed E-state index contributed by atoms with van der Waals surface area (Å²) in [5.74, 6) is -1.02. The third-order valence-electron chi connectivity index (χ3n) is 3.56. The van der Waals surface area contributed by atoms with Crippen LogP contribution in [-0.4, -0.2) is 52.2 Å². The van der Waals surface area contributed by atoms with Crippen LogP contribution in [0.2, 0.25) is 0 Å². The first-order valence-corrected chi connectivity index (χ1v) is 7.58.